The number of rotatable bonds is 4. The van der Waals surface area contributed by atoms with Gasteiger partial charge in [-0.2, -0.15) is 0 Å². The zero-order valence-corrected chi connectivity index (χ0v) is 22.5. The number of carbonyl (C=O) groups is 3. The summed E-state index contributed by atoms with van der Waals surface area (Å²) in [5.41, 5.74) is 2.81. The Bertz CT molecular complexity index is 1730. The molecule has 2 fully saturated rings. The van der Waals surface area contributed by atoms with Crippen LogP contribution in [0.1, 0.15) is 15.9 Å². The van der Waals surface area contributed by atoms with Crippen molar-refractivity contribution < 1.29 is 19.1 Å². The number of hydrogen-bond acceptors (Lipinski definition) is 5. The molecule has 39 heavy (non-hydrogen) atoms. The Kier molecular flexibility index (Phi) is 5.45. The lowest BCUT2D eigenvalue weighted by Crippen LogP contribution is -2.48. The van der Waals surface area contributed by atoms with Crippen LogP contribution in [0, 0.1) is 11.8 Å². The molecule has 0 bridgehead atoms. The first-order chi connectivity index (χ1) is 19.0. The molecule has 0 aromatic heterocycles. The first-order valence-electron chi connectivity index (χ1n) is 12.8. The minimum atomic E-state index is -0.845. The molecular weight excluding hydrogens is 556 g/mol. The number of imide groups is 1. The number of halogens is 1. The standard InChI is InChI=1S/C32H23BrN2O4/c1-39-26-16-14-20(17-22(26)33)30(36)29-28-27(25-15-13-19-8-3-5-11-23(19)34(25)29)31(37)35(32(28)38)24-12-6-9-18-7-2-4-10-21(18)24/h2-17,25,27-29H,1H3/t25-,27-,28-,29+/m1/s1. The number of hydrogen-bond donors (Lipinski definition) is 0. The monoisotopic (exact) mass is 578 g/mol. The highest BCUT2D eigenvalue weighted by molar-refractivity contribution is 9.10. The Balaban J connectivity index is 1.38. The number of carbonyl (C=O) groups excluding carboxylic acids is 3. The largest absolute Gasteiger partial charge is 0.496 e. The zero-order chi connectivity index (χ0) is 26.8. The smallest absolute Gasteiger partial charge is 0.240 e. The summed E-state index contributed by atoms with van der Waals surface area (Å²) in [5, 5.41) is 1.77. The van der Waals surface area contributed by atoms with Gasteiger partial charge in [-0.05, 0) is 57.2 Å². The predicted molar refractivity (Wildman–Crippen MR) is 154 cm³/mol. The van der Waals surface area contributed by atoms with E-state index in [0.717, 1.165) is 22.0 Å². The van der Waals surface area contributed by atoms with Crippen LogP contribution in [0.15, 0.2) is 95.5 Å². The second-order valence-electron chi connectivity index (χ2n) is 10.0. The van der Waals surface area contributed by atoms with Crippen molar-refractivity contribution in [1.29, 1.82) is 0 Å². The van der Waals surface area contributed by atoms with Crippen molar-refractivity contribution in [3.05, 3.63) is 107 Å². The van der Waals surface area contributed by atoms with Crippen LogP contribution in [0.4, 0.5) is 11.4 Å². The molecule has 7 heteroatoms. The fourth-order valence-corrected chi connectivity index (χ4v) is 6.99. The Morgan fingerprint density at radius 3 is 2.38 bits per heavy atom. The van der Waals surface area contributed by atoms with Gasteiger partial charge in [-0.1, -0.05) is 66.7 Å². The molecule has 3 aliphatic rings. The Morgan fingerprint density at radius 2 is 1.56 bits per heavy atom. The van der Waals surface area contributed by atoms with E-state index in [1.165, 1.54) is 4.90 Å². The molecule has 4 aromatic rings. The van der Waals surface area contributed by atoms with Gasteiger partial charge >= 0.3 is 0 Å². The van der Waals surface area contributed by atoms with Crippen LogP contribution in [-0.4, -0.2) is 36.8 Å². The highest BCUT2D eigenvalue weighted by Gasteiger charge is 2.64. The molecule has 2 amide bonds. The molecular formula is C32H23BrN2O4. The van der Waals surface area contributed by atoms with Gasteiger partial charge in [0, 0.05) is 16.6 Å². The molecule has 0 saturated carbocycles. The molecule has 2 saturated heterocycles. The van der Waals surface area contributed by atoms with Crippen molar-refractivity contribution in [2.24, 2.45) is 11.8 Å². The summed E-state index contributed by atoms with van der Waals surface area (Å²) in [6.07, 6.45) is 3.96. The molecule has 0 aliphatic carbocycles. The van der Waals surface area contributed by atoms with E-state index in [4.69, 9.17) is 4.74 Å². The molecule has 4 aromatic carbocycles. The highest BCUT2D eigenvalue weighted by atomic mass is 79.9. The molecule has 4 atom stereocenters. The molecule has 0 unspecified atom stereocenters. The Hall–Kier alpha value is -4.23. The number of ether oxygens (including phenoxy) is 1. The fourth-order valence-electron chi connectivity index (χ4n) is 6.44. The average molecular weight is 579 g/mol. The van der Waals surface area contributed by atoms with E-state index >= 15 is 0 Å². The van der Waals surface area contributed by atoms with E-state index in [2.05, 4.69) is 15.9 Å². The normalized spacial score (nSPS) is 23.1. The topological polar surface area (TPSA) is 66.9 Å². The van der Waals surface area contributed by atoms with Crippen molar-refractivity contribution in [3.8, 4) is 5.75 Å². The number of amides is 2. The molecule has 6 nitrogen and oxygen atoms in total. The van der Waals surface area contributed by atoms with Gasteiger partial charge in [-0.3, -0.25) is 14.4 Å². The third-order valence-corrected chi connectivity index (χ3v) is 8.75. The van der Waals surface area contributed by atoms with E-state index in [-0.39, 0.29) is 17.6 Å². The van der Waals surface area contributed by atoms with Crippen molar-refractivity contribution >= 4 is 61.8 Å². The number of anilines is 2. The summed E-state index contributed by atoms with van der Waals surface area (Å²) in [6.45, 7) is 0. The van der Waals surface area contributed by atoms with E-state index in [9.17, 15) is 14.4 Å². The molecule has 192 valence electrons. The van der Waals surface area contributed by atoms with Gasteiger partial charge in [0.25, 0.3) is 0 Å². The van der Waals surface area contributed by atoms with Crippen LogP contribution in [0.25, 0.3) is 16.8 Å². The Morgan fingerprint density at radius 1 is 0.846 bits per heavy atom. The van der Waals surface area contributed by atoms with Crippen LogP contribution in [0.5, 0.6) is 5.75 Å². The molecule has 0 spiro atoms. The first kappa shape index (κ1) is 23.9. The van der Waals surface area contributed by atoms with Crippen LogP contribution in [0.2, 0.25) is 0 Å². The maximum absolute atomic E-state index is 14.3. The third-order valence-electron chi connectivity index (χ3n) is 8.13. The van der Waals surface area contributed by atoms with Gasteiger partial charge in [0.05, 0.1) is 35.1 Å². The zero-order valence-electron chi connectivity index (χ0n) is 21.0. The number of benzene rings is 4. The Labute approximate surface area is 233 Å². The summed E-state index contributed by atoms with van der Waals surface area (Å²) < 4.78 is 6.00. The second kappa shape index (κ2) is 8.92. The van der Waals surface area contributed by atoms with Crippen molar-refractivity contribution in [1.82, 2.24) is 0 Å². The number of fused-ring (bicyclic) bond motifs is 6. The summed E-state index contributed by atoms with van der Waals surface area (Å²) >= 11 is 3.49. The van der Waals surface area contributed by atoms with Crippen molar-refractivity contribution in [2.45, 2.75) is 12.1 Å². The van der Waals surface area contributed by atoms with Gasteiger partial charge in [-0.15, -0.1) is 0 Å². The number of methoxy groups -OCH3 is 1. The number of nitrogens with zero attached hydrogens (tertiary/aromatic N) is 2. The molecule has 3 heterocycles. The SMILES string of the molecule is COc1ccc(C(=O)[C@@H]2[C@@H]3C(=O)N(c4cccc5ccccc45)C(=O)[C@@H]3[C@H]3C=Cc4ccccc4N32)cc1Br. The fraction of sp³-hybridized carbons (Fsp3) is 0.156. The van der Waals surface area contributed by atoms with Gasteiger partial charge in [0.1, 0.15) is 11.8 Å². The van der Waals surface area contributed by atoms with E-state index in [1.807, 2.05) is 77.7 Å². The van der Waals surface area contributed by atoms with Gasteiger partial charge in [0.15, 0.2) is 5.78 Å². The van der Waals surface area contributed by atoms with Gasteiger partial charge in [0.2, 0.25) is 11.8 Å². The summed E-state index contributed by atoms with van der Waals surface area (Å²) in [6, 6.07) is 25.0. The van der Waals surface area contributed by atoms with Gasteiger partial charge in [-0.25, -0.2) is 4.90 Å². The van der Waals surface area contributed by atoms with Crippen LogP contribution in [0.3, 0.4) is 0 Å². The average Bonchev–Trinajstić information content (AvgIpc) is 3.44. The lowest BCUT2D eigenvalue weighted by molar-refractivity contribution is -0.122. The minimum absolute atomic E-state index is 0.207. The summed E-state index contributed by atoms with van der Waals surface area (Å²) in [7, 11) is 1.56. The van der Waals surface area contributed by atoms with Gasteiger partial charge < -0.3 is 9.64 Å². The van der Waals surface area contributed by atoms with Crippen LogP contribution in [-0.2, 0) is 9.59 Å². The number of Topliss-reactive ketones (excluding diaryl/α,β-unsaturated/α-hetero) is 1. The van der Waals surface area contributed by atoms with E-state index in [0.29, 0.717) is 21.5 Å². The quantitative estimate of drug-likeness (QED) is 0.223. The predicted octanol–water partition coefficient (Wildman–Crippen LogP) is 5.88. The lowest BCUT2D eigenvalue weighted by atomic mass is 9.86. The van der Waals surface area contributed by atoms with Crippen LogP contribution < -0.4 is 14.5 Å². The highest BCUT2D eigenvalue weighted by Crippen LogP contribution is 2.50. The van der Waals surface area contributed by atoms with Crippen molar-refractivity contribution in [2.75, 3.05) is 16.9 Å². The van der Waals surface area contributed by atoms with Crippen LogP contribution >= 0.6 is 15.9 Å². The summed E-state index contributed by atoms with van der Waals surface area (Å²) in [4.78, 5) is 46.0. The first-order valence-corrected chi connectivity index (χ1v) is 13.6. The number of para-hydroxylation sites is 1. The molecule has 0 radical (unpaired) electrons. The third kappa shape index (κ3) is 3.42. The minimum Gasteiger partial charge on any atom is -0.496 e. The molecule has 7 rings (SSSR count). The molecule has 0 N–H and O–H groups in total. The lowest BCUT2D eigenvalue weighted by Gasteiger charge is -2.36. The maximum Gasteiger partial charge on any atom is 0.240 e. The number of ketones is 1. The van der Waals surface area contributed by atoms with E-state index in [1.54, 1.807) is 31.4 Å². The maximum atomic E-state index is 14.3. The second-order valence-corrected chi connectivity index (χ2v) is 10.9. The van der Waals surface area contributed by atoms with E-state index < -0.39 is 23.9 Å². The summed E-state index contributed by atoms with van der Waals surface area (Å²) in [5.74, 6) is -1.72. The molecule has 3 aliphatic heterocycles. The van der Waals surface area contributed by atoms with Crippen molar-refractivity contribution in [3.63, 3.8) is 0 Å².